The molecule has 0 spiro atoms. The number of nitro groups is 2. The zero-order chi connectivity index (χ0) is 30.5. The number of non-ortho nitro benzene ring substituents is 1. The van der Waals surface area contributed by atoms with E-state index in [9.17, 15) is 20.2 Å². The van der Waals surface area contributed by atoms with Crippen LogP contribution in [0.3, 0.4) is 0 Å². The molecule has 44 heavy (non-hydrogen) atoms. The Balaban J connectivity index is 0.000000261. The Kier molecular flexibility index (Phi) is 8.50. The largest absolute Gasteiger partial charge is 0.494 e. The first-order valence-corrected chi connectivity index (χ1v) is 14.9. The van der Waals surface area contributed by atoms with Crippen LogP contribution in [0.5, 0.6) is 5.75 Å². The zero-order valence-corrected chi connectivity index (χ0v) is 24.3. The fraction of sp³-hybridized carbons (Fsp3) is 0.222. The van der Waals surface area contributed by atoms with Gasteiger partial charge in [-0.1, -0.05) is 48.5 Å². The summed E-state index contributed by atoms with van der Waals surface area (Å²) in [6.07, 6.45) is 13.6. The lowest BCUT2D eigenvalue weighted by molar-refractivity contribution is -0.385. The molecule has 0 aromatic heterocycles. The summed E-state index contributed by atoms with van der Waals surface area (Å²) in [5.74, 6) is 1.15. The first-order chi connectivity index (χ1) is 21.5. The van der Waals surface area contributed by atoms with Gasteiger partial charge in [0.1, 0.15) is 5.75 Å². The molecule has 1 aliphatic heterocycles. The van der Waals surface area contributed by atoms with Crippen molar-refractivity contribution in [3.63, 3.8) is 0 Å². The van der Waals surface area contributed by atoms with Crippen molar-refractivity contribution in [3.05, 3.63) is 145 Å². The Hall–Kier alpha value is -5.24. The van der Waals surface area contributed by atoms with Crippen LogP contribution in [0.4, 0.5) is 11.4 Å². The lowest BCUT2D eigenvalue weighted by atomic mass is 9.74. The number of nitro benzene ring substituents is 2. The summed E-state index contributed by atoms with van der Waals surface area (Å²) in [4.78, 5) is 21.6. The highest BCUT2D eigenvalue weighted by Gasteiger charge is 2.28. The zero-order valence-electron chi connectivity index (χ0n) is 24.3. The minimum atomic E-state index is -0.416. The number of benzene rings is 4. The van der Waals surface area contributed by atoms with Crippen molar-refractivity contribution < 1.29 is 14.6 Å². The Morgan fingerprint density at radius 2 is 1.43 bits per heavy atom. The van der Waals surface area contributed by atoms with Gasteiger partial charge in [-0.15, -0.1) is 0 Å². The minimum absolute atomic E-state index is 0.0583. The average Bonchev–Trinajstić information content (AvgIpc) is 3.30. The number of rotatable bonds is 6. The van der Waals surface area contributed by atoms with E-state index < -0.39 is 4.92 Å². The van der Waals surface area contributed by atoms with Crippen molar-refractivity contribution in [2.75, 3.05) is 6.61 Å². The second-order valence-corrected chi connectivity index (χ2v) is 11.2. The third kappa shape index (κ3) is 6.24. The van der Waals surface area contributed by atoms with Crippen LogP contribution in [0.15, 0.2) is 91.3 Å². The number of fused-ring (bicyclic) bond motifs is 6. The number of nitrogens with one attached hydrogen (secondary N) is 1. The topological polar surface area (TPSA) is 108 Å². The molecule has 4 aromatic carbocycles. The van der Waals surface area contributed by atoms with Crippen LogP contribution in [0.2, 0.25) is 0 Å². The van der Waals surface area contributed by atoms with Crippen LogP contribution in [0, 0.1) is 26.1 Å². The third-order valence-corrected chi connectivity index (χ3v) is 8.66. The summed E-state index contributed by atoms with van der Waals surface area (Å²) in [5.41, 5.74) is 9.94. The molecule has 8 heteroatoms. The van der Waals surface area contributed by atoms with Gasteiger partial charge in [0.25, 0.3) is 11.4 Å². The van der Waals surface area contributed by atoms with Crippen LogP contribution in [0.1, 0.15) is 46.2 Å². The van der Waals surface area contributed by atoms with Gasteiger partial charge in [0.2, 0.25) is 0 Å². The predicted octanol–water partition coefficient (Wildman–Crippen LogP) is 8.07. The van der Waals surface area contributed by atoms with E-state index in [1.165, 1.54) is 39.9 Å². The van der Waals surface area contributed by atoms with E-state index in [0.29, 0.717) is 24.7 Å². The molecule has 8 nitrogen and oxygen atoms in total. The Morgan fingerprint density at radius 1 is 0.727 bits per heavy atom. The van der Waals surface area contributed by atoms with Crippen molar-refractivity contribution in [1.29, 1.82) is 0 Å². The van der Waals surface area contributed by atoms with Crippen molar-refractivity contribution in [2.24, 2.45) is 5.92 Å². The molecule has 0 radical (unpaired) electrons. The average molecular weight is 588 g/mol. The molecule has 0 saturated carbocycles. The third-order valence-electron chi connectivity index (χ3n) is 8.66. The monoisotopic (exact) mass is 587 g/mol. The highest BCUT2D eigenvalue weighted by molar-refractivity contribution is 5.78. The van der Waals surface area contributed by atoms with Crippen LogP contribution in [0.25, 0.3) is 23.3 Å². The van der Waals surface area contributed by atoms with Crippen molar-refractivity contribution >= 4 is 23.5 Å². The van der Waals surface area contributed by atoms with Gasteiger partial charge in [0.15, 0.2) is 0 Å². The molecule has 4 aromatic rings. The molecule has 0 saturated heterocycles. The molecule has 7 rings (SSSR count). The van der Waals surface area contributed by atoms with E-state index in [1.54, 1.807) is 24.3 Å². The minimum Gasteiger partial charge on any atom is -0.494 e. The van der Waals surface area contributed by atoms with Gasteiger partial charge in [-0.3, -0.25) is 20.2 Å². The van der Waals surface area contributed by atoms with Gasteiger partial charge < -0.3 is 10.1 Å². The molecular weight excluding hydrogens is 554 g/mol. The molecular formula is C36H33N3O5. The van der Waals surface area contributed by atoms with Gasteiger partial charge in [0, 0.05) is 36.2 Å². The SMILES string of the molecule is C1=Cc2ccccc2C=CN1.O=[N+]([O-])c1ccc(OCCC2CCc3ccc4c(c3C2)CCc2c-4cccc2[N+](=O)[O-])cc1. The lowest BCUT2D eigenvalue weighted by Crippen LogP contribution is -2.20. The lowest BCUT2D eigenvalue weighted by Gasteiger charge is -2.30. The highest BCUT2D eigenvalue weighted by atomic mass is 16.6. The Labute approximate surface area is 256 Å². The normalized spacial score (nSPS) is 15.6. The van der Waals surface area contributed by atoms with Crippen molar-refractivity contribution in [1.82, 2.24) is 5.32 Å². The fourth-order valence-electron chi connectivity index (χ4n) is 6.43. The molecule has 0 fully saturated rings. The second kappa shape index (κ2) is 13.0. The summed E-state index contributed by atoms with van der Waals surface area (Å²) in [5, 5.41) is 25.3. The molecule has 3 aliphatic rings. The summed E-state index contributed by atoms with van der Waals surface area (Å²) in [6, 6.07) is 24.2. The summed E-state index contributed by atoms with van der Waals surface area (Å²) in [6.45, 7) is 0.571. The van der Waals surface area contributed by atoms with Crippen LogP contribution in [-0.4, -0.2) is 16.5 Å². The fourth-order valence-corrected chi connectivity index (χ4v) is 6.43. The van der Waals surface area contributed by atoms with Gasteiger partial charge >= 0.3 is 0 Å². The van der Waals surface area contributed by atoms with Crippen LogP contribution < -0.4 is 10.1 Å². The summed E-state index contributed by atoms with van der Waals surface area (Å²) in [7, 11) is 0. The van der Waals surface area contributed by atoms with E-state index in [0.717, 1.165) is 48.8 Å². The maximum absolute atomic E-state index is 11.5. The molecule has 2 aliphatic carbocycles. The van der Waals surface area contributed by atoms with Gasteiger partial charge in [-0.25, -0.2) is 0 Å². The first-order valence-electron chi connectivity index (χ1n) is 14.9. The molecule has 222 valence electrons. The van der Waals surface area contributed by atoms with Crippen molar-refractivity contribution in [3.8, 4) is 16.9 Å². The first kappa shape index (κ1) is 28.9. The molecule has 1 N–H and O–H groups in total. The molecule has 1 heterocycles. The van der Waals surface area contributed by atoms with E-state index in [2.05, 4.69) is 41.7 Å². The number of hydrogen-bond donors (Lipinski definition) is 1. The molecule has 0 amide bonds. The molecule has 1 unspecified atom stereocenters. The number of hydrogen-bond acceptors (Lipinski definition) is 6. The van der Waals surface area contributed by atoms with E-state index >= 15 is 0 Å². The van der Waals surface area contributed by atoms with E-state index in [-0.39, 0.29) is 16.3 Å². The highest BCUT2D eigenvalue weighted by Crippen LogP contribution is 2.42. The van der Waals surface area contributed by atoms with E-state index in [1.807, 2.05) is 30.6 Å². The standard InChI is InChI=1S/C26H24N2O5.C10H9N/c29-27(30)19-7-9-20(10-8-19)33-15-14-17-4-5-18-6-11-22-21-2-1-3-26(28(31)32)24(21)13-12-23(22)25(18)16-17;1-2-4-10-6-8-11-7-5-9(10)3-1/h1-3,6-11,17H,4-5,12-16H2;1-8,11H. The quantitative estimate of drug-likeness (QED) is 0.181. The Bertz CT molecular complexity index is 1730. The van der Waals surface area contributed by atoms with Crippen molar-refractivity contribution in [2.45, 2.75) is 38.5 Å². The Morgan fingerprint density at radius 3 is 2.14 bits per heavy atom. The predicted molar refractivity (Wildman–Crippen MR) is 172 cm³/mol. The number of ether oxygens (including phenoxy) is 1. The molecule has 1 atom stereocenters. The maximum atomic E-state index is 11.5. The van der Waals surface area contributed by atoms with Gasteiger partial charge in [-0.05, 0) is 108 Å². The van der Waals surface area contributed by atoms with Gasteiger partial charge in [-0.2, -0.15) is 0 Å². The smallest absolute Gasteiger partial charge is 0.273 e. The number of aryl methyl sites for hydroxylation is 1. The summed E-state index contributed by atoms with van der Waals surface area (Å²) < 4.78 is 5.84. The van der Waals surface area contributed by atoms with Crippen LogP contribution >= 0.6 is 0 Å². The van der Waals surface area contributed by atoms with Crippen LogP contribution in [-0.2, 0) is 25.7 Å². The molecule has 0 bridgehead atoms. The number of nitrogens with zero attached hydrogens (tertiary/aromatic N) is 2. The summed E-state index contributed by atoms with van der Waals surface area (Å²) >= 11 is 0. The van der Waals surface area contributed by atoms with Gasteiger partial charge in [0.05, 0.1) is 16.5 Å². The van der Waals surface area contributed by atoms with E-state index in [4.69, 9.17) is 4.74 Å². The maximum Gasteiger partial charge on any atom is 0.273 e. The second-order valence-electron chi connectivity index (χ2n) is 11.2.